The zero-order chi connectivity index (χ0) is 12.3. The lowest BCUT2D eigenvalue weighted by atomic mass is 9.84. The highest BCUT2D eigenvalue weighted by Crippen LogP contribution is 2.29. The SMILES string of the molecule is CCC1CCCC(Nc2ccc(N)c(N)c2)C1. The van der Waals surface area contributed by atoms with Gasteiger partial charge >= 0.3 is 0 Å². The Labute approximate surface area is 104 Å². The Bertz CT molecular complexity index is 376. The van der Waals surface area contributed by atoms with Crippen molar-refractivity contribution < 1.29 is 0 Å². The Hall–Kier alpha value is -1.38. The molecule has 0 aliphatic heterocycles. The maximum Gasteiger partial charge on any atom is 0.0568 e. The lowest BCUT2D eigenvalue weighted by molar-refractivity contribution is 0.327. The summed E-state index contributed by atoms with van der Waals surface area (Å²) in [5.41, 5.74) is 13.9. The average Bonchev–Trinajstić information content (AvgIpc) is 2.34. The third-order valence-electron chi connectivity index (χ3n) is 3.82. The second kappa shape index (κ2) is 5.30. The van der Waals surface area contributed by atoms with E-state index in [9.17, 15) is 0 Å². The zero-order valence-electron chi connectivity index (χ0n) is 10.6. The molecule has 3 nitrogen and oxygen atoms in total. The summed E-state index contributed by atoms with van der Waals surface area (Å²) in [5.74, 6) is 0.882. The molecule has 2 atom stereocenters. The molecule has 1 aliphatic rings. The molecule has 1 aliphatic carbocycles. The molecule has 94 valence electrons. The van der Waals surface area contributed by atoms with Crippen LogP contribution < -0.4 is 16.8 Å². The van der Waals surface area contributed by atoms with E-state index in [2.05, 4.69) is 12.2 Å². The van der Waals surface area contributed by atoms with Gasteiger partial charge in [-0.2, -0.15) is 0 Å². The number of hydrogen-bond acceptors (Lipinski definition) is 3. The van der Waals surface area contributed by atoms with E-state index >= 15 is 0 Å². The van der Waals surface area contributed by atoms with Gasteiger partial charge in [-0.1, -0.05) is 26.2 Å². The van der Waals surface area contributed by atoms with Gasteiger partial charge in [0.2, 0.25) is 0 Å². The number of anilines is 3. The third kappa shape index (κ3) is 3.05. The van der Waals surface area contributed by atoms with Crippen molar-refractivity contribution in [1.29, 1.82) is 0 Å². The maximum absolute atomic E-state index is 5.81. The van der Waals surface area contributed by atoms with Crippen molar-refractivity contribution in [2.75, 3.05) is 16.8 Å². The van der Waals surface area contributed by atoms with Crippen LogP contribution in [0.2, 0.25) is 0 Å². The molecule has 1 aromatic rings. The minimum atomic E-state index is 0.594. The third-order valence-corrected chi connectivity index (χ3v) is 3.82. The van der Waals surface area contributed by atoms with E-state index in [-0.39, 0.29) is 0 Å². The van der Waals surface area contributed by atoms with E-state index in [1.807, 2.05) is 18.2 Å². The summed E-state index contributed by atoms with van der Waals surface area (Å²) in [6.07, 6.45) is 6.56. The van der Waals surface area contributed by atoms with Crippen molar-refractivity contribution in [2.24, 2.45) is 5.92 Å². The maximum atomic E-state index is 5.81. The van der Waals surface area contributed by atoms with Crippen molar-refractivity contribution in [3.8, 4) is 0 Å². The molecule has 0 bridgehead atoms. The Morgan fingerprint density at radius 3 is 2.76 bits per heavy atom. The van der Waals surface area contributed by atoms with Crippen molar-refractivity contribution in [2.45, 2.75) is 45.1 Å². The fourth-order valence-electron chi connectivity index (χ4n) is 2.69. The summed E-state index contributed by atoms with van der Waals surface area (Å²) in [4.78, 5) is 0. The Morgan fingerprint density at radius 2 is 2.06 bits per heavy atom. The van der Waals surface area contributed by atoms with E-state index in [4.69, 9.17) is 11.5 Å². The summed E-state index contributed by atoms with van der Waals surface area (Å²) >= 11 is 0. The van der Waals surface area contributed by atoms with Gasteiger partial charge in [-0.05, 0) is 37.0 Å². The first-order valence-corrected chi connectivity index (χ1v) is 6.60. The number of nitrogens with two attached hydrogens (primary N) is 2. The molecule has 2 rings (SSSR count). The van der Waals surface area contributed by atoms with Crippen LogP contribution in [-0.4, -0.2) is 6.04 Å². The lowest BCUT2D eigenvalue weighted by Crippen LogP contribution is -2.27. The molecular weight excluding hydrogens is 210 g/mol. The normalized spacial score (nSPS) is 24.5. The van der Waals surface area contributed by atoms with Gasteiger partial charge in [0.25, 0.3) is 0 Å². The molecular formula is C14H23N3. The molecule has 3 heteroatoms. The average molecular weight is 233 g/mol. The molecule has 1 saturated carbocycles. The molecule has 1 aromatic carbocycles. The van der Waals surface area contributed by atoms with Crippen LogP contribution in [0.25, 0.3) is 0 Å². The van der Waals surface area contributed by atoms with E-state index in [1.54, 1.807) is 0 Å². The van der Waals surface area contributed by atoms with Crippen LogP contribution >= 0.6 is 0 Å². The fourth-order valence-corrected chi connectivity index (χ4v) is 2.69. The second-order valence-corrected chi connectivity index (χ2v) is 5.13. The molecule has 0 amide bonds. The van der Waals surface area contributed by atoms with Gasteiger partial charge in [0.05, 0.1) is 11.4 Å². The van der Waals surface area contributed by atoms with Gasteiger partial charge in [-0.25, -0.2) is 0 Å². The minimum Gasteiger partial charge on any atom is -0.397 e. The molecule has 2 unspecified atom stereocenters. The summed E-state index contributed by atoms with van der Waals surface area (Å²) in [6.45, 7) is 2.29. The summed E-state index contributed by atoms with van der Waals surface area (Å²) in [5, 5.41) is 3.58. The molecule has 0 saturated heterocycles. The first-order chi connectivity index (χ1) is 8.19. The smallest absolute Gasteiger partial charge is 0.0568 e. The van der Waals surface area contributed by atoms with Gasteiger partial charge in [0.15, 0.2) is 0 Å². The monoisotopic (exact) mass is 233 g/mol. The molecule has 0 radical (unpaired) electrons. The van der Waals surface area contributed by atoms with Crippen LogP contribution in [0.4, 0.5) is 17.1 Å². The van der Waals surface area contributed by atoms with Crippen molar-refractivity contribution >= 4 is 17.1 Å². The van der Waals surface area contributed by atoms with Crippen LogP contribution in [0.15, 0.2) is 18.2 Å². The van der Waals surface area contributed by atoms with E-state index < -0.39 is 0 Å². The van der Waals surface area contributed by atoms with E-state index in [0.717, 1.165) is 11.6 Å². The molecule has 1 fully saturated rings. The highest BCUT2D eigenvalue weighted by Gasteiger charge is 2.20. The van der Waals surface area contributed by atoms with Gasteiger partial charge in [0.1, 0.15) is 0 Å². The second-order valence-electron chi connectivity index (χ2n) is 5.13. The Kier molecular flexibility index (Phi) is 3.77. The van der Waals surface area contributed by atoms with Gasteiger partial charge in [-0.3, -0.25) is 0 Å². The van der Waals surface area contributed by atoms with Crippen molar-refractivity contribution in [3.63, 3.8) is 0 Å². The predicted molar refractivity (Wildman–Crippen MR) is 74.9 cm³/mol. The van der Waals surface area contributed by atoms with Crippen LogP contribution in [0.3, 0.4) is 0 Å². The largest absolute Gasteiger partial charge is 0.397 e. The van der Waals surface area contributed by atoms with Crippen LogP contribution in [0.1, 0.15) is 39.0 Å². The quantitative estimate of drug-likeness (QED) is 0.702. The number of nitrogens with one attached hydrogen (secondary N) is 1. The molecule has 0 aromatic heterocycles. The van der Waals surface area contributed by atoms with Crippen LogP contribution in [0.5, 0.6) is 0 Å². The topological polar surface area (TPSA) is 64.1 Å². The minimum absolute atomic E-state index is 0.594. The predicted octanol–water partition coefficient (Wildman–Crippen LogP) is 3.23. The number of rotatable bonds is 3. The standard InChI is InChI=1S/C14H23N3/c1-2-10-4-3-5-11(8-10)17-12-6-7-13(15)14(16)9-12/h6-7,9-11,17H,2-5,8,15-16H2,1H3. The fraction of sp³-hybridized carbons (Fsp3) is 0.571. The summed E-state index contributed by atoms with van der Waals surface area (Å²) in [7, 11) is 0. The summed E-state index contributed by atoms with van der Waals surface area (Å²) < 4.78 is 0. The molecule has 17 heavy (non-hydrogen) atoms. The van der Waals surface area contributed by atoms with Crippen molar-refractivity contribution in [1.82, 2.24) is 0 Å². The number of benzene rings is 1. The highest BCUT2D eigenvalue weighted by atomic mass is 14.9. The lowest BCUT2D eigenvalue weighted by Gasteiger charge is -2.30. The Balaban J connectivity index is 1.97. The van der Waals surface area contributed by atoms with E-state index in [0.29, 0.717) is 17.4 Å². The molecule has 0 heterocycles. The Morgan fingerprint density at radius 1 is 1.24 bits per heavy atom. The van der Waals surface area contributed by atoms with E-state index in [1.165, 1.54) is 32.1 Å². The van der Waals surface area contributed by atoms with Gasteiger partial charge < -0.3 is 16.8 Å². The van der Waals surface area contributed by atoms with Crippen LogP contribution in [0, 0.1) is 5.92 Å². The molecule has 5 N–H and O–H groups in total. The number of nitrogen functional groups attached to an aromatic ring is 2. The summed E-state index contributed by atoms with van der Waals surface area (Å²) in [6, 6.07) is 6.42. The first kappa shape index (κ1) is 12.1. The first-order valence-electron chi connectivity index (χ1n) is 6.60. The van der Waals surface area contributed by atoms with Crippen LogP contribution in [-0.2, 0) is 0 Å². The highest BCUT2D eigenvalue weighted by molar-refractivity contribution is 5.69. The van der Waals surface area contributed by atoms with Crippen molar-refractivity contribution in [3.05, 3.63) is 18.2 Å². The molecule has 0 spiro atoms. The van der Waals surface area contributed by atoms with Gasteiger partial charge in [-0.15, -0.1) is 0 Å². The number of hydrogen-bond donors (Lipinski definition) is 3. The van der Waals surface area contributed by atoms with Gasteiger partial charge in [0, 0.05) is 11.7 Å². The zero-order valence-corrected chi connectivity index (χ0v) is 10.6.